The second-order valence-electron chi connectivity index (χ2n) is 8.87. The monoisotopic (exact) mass is 512 g/mol. The Balaban J connectivity index is 0.000000203. The van der Waals surface area contributed by atoms with Crippen molar-refractivity contribution in [3.05, 3.63) is 53.2 Å². The smallest absolute Gasteiger partial charge is 0.422 e. The molecule has 1 amide bonds. The summed E-state index contributed by atoms with van der Waals surface area (Å²) >= 11 is 5.80. The molecule has 1 aromatic carbocycles. The van der Waals surface area contributed by atoms with Gasteiger partial charge in [0, 0.05) is 36.1 Å². The fourth-order valence-electron chi connectivity index (χ4n) is 4.19. The molecular weight excluding hydrogens is 481 g/mol. The molecule has 2 saturated heterocycles. The van der Waals surface area contributed by atoms with Gasteiger partial charge in [0.1, 0.15) is 0 Å². The molecule has 2 aliphatic rings. The number of alkyl halides is 3. The molecule has 10 heteroatoms. The highest BCUT2D eigenvalue weighted by Gasteiger charge is 2.28. The van der Waals surface area contributed by atoms with Crippen molar-refractivity contribution in [3.63, 3.8) is 0 Å². The Hall–Kier alpha value is -2.52. The number of primary amides is 1. The summed E-state index contributed by atoms with van der Waals surface area (Å²) in [5.74, 6) is -0.197. The first kappa shape index (κ1) is 27.1. The Labute approximate surface area is 209 Å². The van der Waals surface area contributed by atoms with Gasteiger partial charge < -0.3 is 20.3 Å². The molecule has 35 heavy (non-hydrogen) atoms. The molecule has 6 nitrogen and oxygen atoms in total. The molecule has 0 aliphatic carbocycles. The molecule has 0 saturated carbocycles. The maximum atomic E-state index is 12.0. The number of anilines is 1. The topological polar surface area (TPSA) is 71.7 Å². The Morgan fingerprint density at radius 2 is 1.83 bits per heavy atom. The number of halogens is 4. The predicted molar refractivity (Wildman–Crippen MR) is 131 cm³/mol. The minimum atomic E-state index is -4.32. The third-order valence-corrected chi connectivity index (χ3v) is 6.35. The van der Waals surface area contributed by atoms with E-state index in [0.717, 1.165) is 55.2 Å². The highest BCUT2D eigenvalue weighted by molar-refractivity contribution is 6.30. The van der Waals surface area contributed by atoms with Crippen LogP contribution in [-0.2, 0) is 11.2 Å². The van der Waals surface area contributed by atoms with E-state index in [1.165, 1.54) is 32.0 Å². The third kappa shape index (κ3) is 9.57. The zero-order valence-corrected chi connectivity index (χ0v) is 20.4. The molecule has 1 atom stereocenters. The van der Waals surface area contributed by atoms with Gasteiger partial charge >= 0.3 is 6.18 Å². The van der Waals surface area contributed by atoms with E-state index in [1.807, 2.05) is 24.3 Å². The Kier molecular flexibility index (Phi) is 10.0. The van der Waals surface area contributed by atoms with Crippen LogP contribution in [0.3, 0.4) is 0 Å². The van der Waals surface area contributed by atoms with Crippen LogP contribution in [0.2, 0.25) is 5.02 Å². The van der Waals surface area contributed by atoms with Crippen molar-refractivity contribution >= 4 is 23.2 Å². The van der Waals surface area contributed by atoms with Crippen molar-refractivity contribution in [2.24, 2.45) is 11.7 Å². The number of benzene rings is 1. The number of rotatable bonds is 8. The van der Waals surface area contributed by atoms with Crippen molar-refractivity contribution in [1.82, 2.24) is 9.88 Å². The number of amides is 1. The van der Waals surface area contributed by atoms with Crippen molar-refractivity contribution in [2.75, 3.05) is 44.2 Å². The molecule has 0 spiro atoms. The first-order chi connectivity index (χ1) is 16.7. The second kappa shape index (κ2) is 13.0. The molecule has 0 radical (unpaired) electrons. The molecular formula is C25H32ClF3N4O2. The predicted octanol–water partition coefficient (Wildman–Crippen LogP) is 4.70. The molecule has 0 bridgehead atoms. The van der Waals surface area contributed by atoms with E-state index in [1.54, 1.807) is 12.3 Å². The van der Waals surface area contributed by atoms with Crippen LogP contribution in [0, 0.1) is 5.92 Å². The third-order valence-electron chi connectivity index (χ3n) is 6.10. The Bertz CT molecular complexity index is 920. The van der Waals surface area contributed by atoms with E-state index in [-0.39, 0.29) is 17.7 Å². The molecule has 3 heterocycles. The lowest BCUT2D eigenvalue weighted by molar-refractivity contribution is -0.154. The van der Waals surface area contributed by atoms with E-state index in [9.17, 15) is 18.0 Å². The minimum absolute atomic E-state index is 0.0133. The normalized spacial score (nSPS) is 18.3. The average Bonchev–Trinajstić information content (AvgIpc) is 3.52. The number of ether oxygens (including phenoxy) is 1. The first-order valence-corrected chi connectivity index (χ1v) is 12.2. The van der Waals surface area contributed by atoms with Gasteiger partial charge in [-0.05, 0) is 81.6 Å². The average molecular weight is 513 g/mol. The molecule has 2 aromatic rings. The van der Waals surface area contributed by atoms with Crippen molar-refractivity contribution < 1.29 is 22.7 Å². The van der Waals surface area contributed by atoms with E-state index < -0.39 is 12.8 Å². The van der Waals surface area contributed by atoms with Crippen LogP contribution in [0.15, 0.2) is 42.6 Å². The quantitative estimate of drug-likeness (QED) is 0.555. The number of hydrogen-bond donors (Lipinski definition) is 1. The number of aryl methyl sites for hydroxylation is 1. The number of pyridine rings is 1. The van der Waals surface area contributed by atoms with Gasteiger partial charge in [0.15, 0.2) is 6.61 Å². The Morgan fingerprint density at radius 1 is 1.11 bits per heavy atom. The van der Waals surface area contributed by atoms with Crippen LogP contribution < -0.4 is 15.4 Å². The van der Waals surface area contributed by atoms with E-state index in [2.05, 4.69) is 19.5 Å². The summed E-state index contributed by atoms with van der Waals surface area (Å²) in [6, 6.07) is 10.9. The standard InChI is InChI=1S/C14H19F3N2O.C11H13ClN2O/c15-14(16,17)11-20-13-6-5-12(10-18-13)4-3-9-19-7-1-2-8-19;12-9-1-3-10(4-2-9)14-6-5-8(7-14)11(13)15/h5-6,10H,1-4,7-9,11H2;1-4,8H,5-7H2,(H2,13,15). The van der Waals surface area contributed by atoms with Gasteiger partial charge in [0.2, 0.25) is 11.8 Å². The van der Waals surface area contributed by atoms with Crippen LogP contribution >= 0.6 is 11.6 Å². The van der Waals surface area contributed by atoms with E-state index in [0.29, 0.717) is 0 Å². The highest BCUT2D eigenvalue weighted by atomic mass is 35.5. The number of likely N-dealkylation sites (tertiary alicyclic amines) is 1. The van der Waals surface area contributed by atoms with Gasteiger partial charge in [-0.3, -0.25) is 4.79 Å². The zero-order chi connectivity index (χ0) is 25.3. The minimum Gasteiger partial charge on any atom is -0.468 e. The summed E-state index contributed by atoms with van der Waals surface area (Å²) in [5, 5.41) is 0.726. The number of hydrogen-bond acceptors (Lipinski definition) is 5. The summed E-state index contributed by atoms with van der Waals surface area (Å²) < 4.78 is 40.5. The van der Waals surface area contributed by atoms with Crippen LogP contribution in [0.4, 0.5) is 18.9 Å². The van der Waals surface area contributed by atoms with E-state index >= 15 is 0 Å². The molecule has 4 rings (SSSR count). The Morgan fingerprint density at radius 3 is 2.40 bits per heavy atom. The summed E-state index contributed by atoms with van der Waals surface area (Å²) in [6.45, 7) is 3.75. The molecule has 1 aromatic heterocycles. The summed E-state index contributed by atoms with van der Waals surface area (Å²) in [5.41, 5.74) is 7.41. The van der Waals surface area contributed by atoms with Crippen LogP contribution in [0.5, 0.6) is 5.88 Å². The lowest BCUT2D eigenvalue weighted by Gasteiger charge is -2.17. The maximum Gasteiger partial charge on any atom is 0.422 e. The van der Waals surface area contributed by atoms with Crippen LogP contribution in [-0.4, -0.2) is 61.3 Å². The second-order valence-corrected chi connectivity index (χ2v) is 9.31. The molecule has 2 N–H and O–H groups in total. The number of carbonyl (C=O) groups is 1. The number of nitrogens with two attached hydrogens (primary N) is 1. The number of aromatic nitrogens is 1. The van der Waals surface area contributed by atoms with Crippen LogP contribution in [0.25, 0.3) is 0 Å². The summed E-state index contributed by atoms with van der Waals surface area (Å²) in [4.78, 5) is 19.5. The van der Waals surface area contributed by atoms with Crippen LogP contribution in [0.1, 0.15) is 31.2 Å². The van der Waals surface area contributed by atoms with Crippen molar-refractivity contribution in [2.45, 2.75) is 38.3 Å². The van der Waals surface area contributed by atoms with Gasteiger partial charge in [-0.25, -0.2) is 4.98 Å². The molecule has 192 valence electrons. The lowest BCUT2D eigenvalue weighted by atomic mass is 10.1. The fourth-order valence-corrected chi connectivity index (χ4v) is 4.32. The fraction of sp³-hybridized carbons (Fsp3) is 0.520. The van der Waals surface area contributed by atoms with Gasteiger partial charge in [-0.2, -0.15) is 13.2 Å². The van der Waals surface area contributed by atoms with Gasteiger partial charge in [0.05, 0.1) is 5.92 Å². The van der Waals surface area contributed by atoms with Gasteiger partial charge in [-0.1, -0.05) is 17.7 Å². The summed E-state index contributed by atoms with van der Waals surface area (Å²) in [7, 11) is 0. The van der Waals surface area contributed by atoms with Crippen molar-refractivity contribution in [3.8, 4) is 5.88 Å². The largest absolute Gasteiger partial charge is 0.468 e. The lowest BCUT2D eigenvalue weighted by Crippen LogP contribution is -2.27. The number of nitrogens with zero attached hydrogens (tertiary/aromatic N) is 3. The SMILES string of the molecule is FC(F)(F)COc1ccc(CCCN2CCCC2)cn1.NC(=O)C1CCN(c2ccc(Cl)cc2)C1. The van der Waals surface area contributed by atoms with E-state index in [4.69, 9.17) is 17.3 Å². The van der Waals surface area contributed by atoms with Gasteiger partial charge in [-0.15, -0.1) is 0 Å². The molecule has 2 aliphatic heterocycles. The van der Waals surface area contributed by atoms with Crippen molar-refractivity contribution in [1.29, 1.82) is 0 Å². The molecule has 2 fully saturated rings. The first-order valence-electron chi connectivity index (χ1n) is 11.9. The highest BCUT2D eigenvalue weighted by Crippen LogP contribution is 2.25. The zero-order valence-electron chi connectivity index (χ0n) is 19.6. The molecule has 1 unspecified atom stereocenters. The number of carbonyl (C=O) groups excluding carboxylic acids is 1. The summed E-state index contributed by atoms with van der Waals surface area (Å²) in [6.07, 6.45) is 2.62. The maximum absolute atomic E-state index is 12.0. The van der Waals surface area contributed by atoms with Gasteiger partial charge in [0.25, 0.3) is 0 Å².